The van der Waals surface area contributed by atoms with Crippen molar-refractivity contribution in [2.45, 2.75) is 49.8 Å². The molecule has 0 saturated carbocycles. The van der Waals surface area contributed by atoms with E-state index in [4.69, 9.17) is 5.73 Å². The molecule has 20 heavy (non-hydrogen) atoms. The van der Waals surface area contributed by atoms with Crippen LogP contribution in [0.15, 0.2) is 23.1 Å². The highest BCUT2D eigenvalue weighted by molar-refractivity contribution is 7.86. The van der Waals surface area contributed by atoms with Crippen LogP contribution in [0.2, 0.25) is 0 Å². The zero-order valence-electron chi connectivity index (χ0n) is 12.2. The predicted molar refractivity (Wildman–Crippen MR) is 79.2 cm³/mol. The summed E-state index contributed by atoms with van der Waals surface area (Å²) in [5.74, 6) is -1.01. The number of amides is 1. The molecule has 0 aliphatic heterocycles. The molecule has 0 fully saturated rings. The monoisotopic (exact) mass is 300 g/mol. The topological polar surface area (TPSA) is 72.2 Å². The van der Waals surface area contributed by atoms with Gasteiger partial charge in [0.05, 0.1) is 15.7 Å². The molecule has 3 N–H and O–H groups in total. The van der Waals surface area contributed by atoms with Gasteiger partial charge < -0.3 is 11.1 Å². The van der Waals surface area contributed by atoms with Gasteiger partial charge in [-0.3, -0.25) is 9.00 Å². The molecular formula is C14H21FN2O2S. The minimum Gasteiger partial charge on any atom is -0.399 e. The number of hydrogen-bond donors (Lipinski definition) is 2. The van der Waals surface area contributed by atoms with Crippen LogP contribution in [0.3, 0.4) is 0 Å². The van der Waals surface area contributed by atoms with Crippen LogP contribution in [0, 0.1) is 5.82 Å². The van der Waals surface area contributed by atoms with Gasteiger partial charge in [0.2, 0.25) is 5.91 Å². The zero-order chi connectivity index (χ0) is 15.5. The van der Waals surface area contributed by atoms with Gasteiger partial charge in [0, 0.05) is 11.2 Å². The van der Waals surface area contributed by atoms with Crippen LogP contribution in [0.25, 0.3) is 0 Å². The Morgan fingerprint density at radius 1 is 1.50 bits per heavy atom. The molecule has 0 saturated heterocycles. The van der Waals surface area contributed by atoms with Crippen LogP contribution in [0.1, 0.15) is 34.1 Å². The molecule has 2 atom stereocenters. The largest absolute Gasteiger partial charge is 0.399 e. The lowest BCUT2D eigenvalue weighted by Crippen LogP contribution is -2.47. The lowest BCUT2D eigenvalue weighted by molar-refractivity contribution is -0.121. The molecular weight excluding hydrogens is 279 g/mol. The molecule has 0 aromatic heterocycles. The fraction of sp³-hybridized carbons (Fsp3) is 0.500. The standard InChI is InChI=1S/C14H21FN2O2S/c1-5-14(3,4)17-13(18)9(2)20(19)12-7-6-10(16)8-11(12)15/h6-9H,5,16H2,1-4H3,(H,17,18). The maximum atomic E-state index is 13.7. The molecule has 1 amide bonds. The number of halogens is 1. The number of carbonyl (C=O) groups excluding carboxylic acids is 1. The molecule has 112 valence electrons. The summed E-state index contributed by atoms with van der Waals surface area (Å²) in [6.07, 6.45) is 0.744. The van der Waals surface area contributed by atoms with Gasteiger partial charge in [0.15, 0.2) is 0 Å². The molecule has 0 heterocycles. The minimum atomic E-state index is -1.76. The average molecular weight is 300 g/mol. The minimum absolute atomic E-state index is 0.00356. The summed E-state index contributed by atoms with van der Waals surface area (Å²) >= 11 is 0. The summed E-state index contributed by atoms with van der Waals surface area (Å²) in [6, 6.07) is 3.93. The first-order chi connectivity index (χ1) is 9.18. The van der Waals surface area contributed by atoms with Crippen LogP contribution < -0.4 is 11.1 Å². The fourth-order valence-electron chi connectivity index (χ4n) is 1.49. The SMILES string of the molecule is CCC(C)(C)NC(=O)C(C)S(=O)c1ccc(N)cc1F. The molecule has 1 rings (SSSR count). The highest BCUT2D eigenvalue weighted by atomic mass is 32.2. The lowest BCUT2D eigenvalue weighted by atomic mass is 10.0. The molecule has 1 aromatic carbocycles. The van der Waals surface area contributed by atoms with E-state index in [0.717, 1.165) is 12.5 Å². The van der Waals surface area contributed by atoms with E-state index in [2.05, 4.69) is 5.32 Å². The number of hydrogen-bond acceptors (Lipinski definition) is 3. The van der Waals surface area contributed by atoms with Gasteiger partial charge in [-0.25, -0.2) is 4.39 Å². The predicted octanol–water partition coefficient (Wildman–Crippen LogP) is 2.21. The van der Waals surface area contributed by atoms with E-state index in [9.17, 15) is 13.4 Å². The number of rotatable bonds is 5. The van der Waals surface area contributed by atoms with E-state index in [1.807, 2.05) is 20.8 Å². The first-order valence-corrected chi connectivity index (χ1v) is 7.67. The van der Waals surface area contributed by atoms with Crippen LogP contribution in [0.4, 0.5) is 10.1 Å². The van der Waals surface area contributed by atoms with Gasteiger partial charge in [-0.15, -0.1) is 0 Å². The molecule has 0 spiro atoms. The van der Waals surface area contributed by atoms with E-state index in [0.29, 0.717) is 0 Å². The number of nitrogen functional groups attached to an aromatic ring is 1. The van der Waals surface area contributed by atoms with Crippen molar-refractivity contribution in [3.8, 4) is 0 Å². The maximum absolute atomic E-state index is 13.7. The quantitative estimate of drug-likeness (QED) is 0.819. The van der Waals surface area contributed by atoms with Crippen molar-refractivity contribution >= 4 is 22.4 Å². The number of anilines is 1. The summed E-state index contributed by atoms with van der Waals surface area (Å²) in [4.78, 5) is 12.1. The first kappa shape index (κ1) is 16.6. The molecule has 1 aromatic rings. The van der Waals surface area contributed by atoms with E-state index in [1.54, 1.807) is 0 Å². The third kappa shape index (κ3) is 4.03. The molecule has 4 nitrogen and oxygen atoms in total. The Hall–Kier alpha value is -1.43. The Morgan fingerprint density at radius 3 is 2.60 bits per heavy atom. The summed E-state index contributed by atoms with van der Waals surface area (Å²) in [7, 11) is -1.76. The Labute approximate surface area is 121 Å². The van der Waals surface area contributed by atoms with E-state index in [-0.39, 0.29) is 22.0 Å². The number of nitrogens with two attached hydrogens (primary N) is 1. The van der Waals surface area contributed by atoms with Gasteiger partial charge in [-0.1, -0.05) is 6.92 Å². The van der Waals surface area contributed by atoms with Crippen molar-refractivity contribution in [1.29, 1.82) is 0 Å². The van der Waals surface area contributed by atoms with Crippen molar-refractivity contribution in [2.24, 2.45) is 0 Å². The smallest absolute Gasteiger partial charge is 0.236 e. The van der Waals surface area contributed by atoms with Gasteiger partial charge in [-0.2, -0.15) is 0 Å². The van der Waals surface area contributed by atoms with E-state index in [1.165, 1.54) is 19.1 Å². The van der Waals surface area contributed by atoms with Gasteiger partial charge in [-0.05, 0) is 45.4 Å². The molecule has 0 radical (unpaired) electrons. The normalized spacial score (nSPS) is 14.7. The Morgan fingerprint density at radius 2 is 2.10 bits per heavy atom. The van der Waals surface area contributed by atoms with Crippen molar-refractivity contribution in [1.82, 2.24) is 5.32 Å². The van der Waals surface area contributed by atoms with Crippen LogP contribution in [-0.2, 0) is 15.6 Å². The number of carbonyl (C=O) groups is 1. The summed E-state index contributed by atoms with van der Waals surface area (Å²) in [5, 5.41) is 1.97. The molecule has 0 aliphatic carbocycles. The summed E-state index contributed by atoms with van der Waals surface area (Å²) < 4.78 is 26.0. The Balaban J connectivity index is 2.89. The maximum Gasteiger partial charge on any atom is 0.236 e. The van der Waals surface area contributed by atoms with Crippen LogP contribution in [0.5, 0.6) is 0 Å². The molecule has 0 aliphatic rings. The molecule has 6 heteroatoms. The van der Waals surface area contributed by atoms with Crippen LogP contribution >= 0.6 is 0 Å². The third-order valence-electron chi connectivity index (χ3n) is 3.21. The summed E-state index contributed by atoms with van der Waals surface area (Å²) in [6.45, 7) is 7.23. The lowest BCUT2D eigenvalue weighted by Gasteiger charge is -2.26. The highest BCUT2D eigenvalue weighted by Gasteiger charge is 2.27. The first-order valence-electron chi connectivity index (χ1n) is 6.45. The Kier molecular flexibility index (Phi) is 5.28. The summed E-state index contributed by atoms with van der Waals surface area (Å²) in [5.41, 5.74) is 5.32. The van der Waals surface area contributed by atoms with Crippen molar-refractivity contribution < 1.29 is 13.4 Å². The zero-order valence-corrected chi connectivity index (χ0v) is 13.0. The van der Waals surface area contributed by atoms with Crippen LogP contribution in [-0.4, -0.2) is 20.9 Å². The van der Waals surface area contributed by atoms with Gasteiger partial charge in [0.25, 0.3) is 0 Å². The van der Waals surface area contributed by atoms with E-state index >= 15 is 0 Å². The van der Waals surface area contributed by atoms with E-state index < -0.39 is 21.9 Å². The van der Waals surface area contributed by atoms with Crippen molar-refractivity contribution in [2.75, 3.05) is 5.73 Å². The highest BCUT2D eigenvalue weighted by Crippen LogP contribution is 2.19. The second-order valence-electron chi connectivity index (χ2n) is 5.36. The molecule has 2 unspecified atom stereocenters. The van der Waals surface area contributed by atoms with Crippen molar-refractivity contribution in [3.63, 3.8) is 0 Å². The Bertz CT molecular complexity index is 532. The second kappa shape index (κ2) is 6.35. The number of nitrogens with one attached hydrogen (secondary N) is 1. The molecule has 0 bridgehead atoms. The fourth-order valence-corrected chi connectivity index (χ4v) is 2.58. The third-order valence-corrected chi connectivity index (χ3v) is 4.83. The second-order valence-corrected chi connectivity index (χ2v) is 7.10. The van der Waals surface area contributed by atoms with Gasteiger partial charge in [0.1, 0.15) is 11.1 Å². The van der Waals surface area contributed by atoms with Crippen molar-refractivity contribution in [3.05, 3.63) is 24.0 Å². The average Bonchev–Trinajstić information content (AvgIpc) is 2.36. The number of benzene rings is 1. The van der Waals surface area contributed by atoms with Gasteiger partial charge >= 0.3 is 0 Å².